The molecule has 168 valence electrons. The normalized spacial score (nSPS) is 22.0. The van der Waals surface area contributed by atoms with Crippen molar-refractivity contribution in [1.82, 2.24) is 4.90 Å². The van der Waals surface area contributed by atoms with E-state index in [4.69, 9.17) is 4.74 Å². The summed E-state index contributed by atoms with van der Waals surface area (Å²) in [5, 5.41) is 9.63. The zero-order chi connectivity index (χ0) is 22.7. The van der Waals surface area contributed by atoms with E-state index in [1.165, 1.54) is 11.8 Å². The minimum Gasteiger partial charge on any atom is -0.480 e. The fourth-order valence-corrected chi connectivity index (χ4v) is 4.62. The lowest BCUT2D eigenvalue weighted by atomic mass is 9.94. The van der Waals surface area contributed by atoms with Crippen LogP contribution in [-0.2, 0) is 30.3 Å². The predicted molar refractivity (Wildman–Crippen MR) is 113 cm³/mol. The van der Waals surface area contributed by atoms with Gasteiger partial charge in [-0.1, -0.05) is 32.0 Å². The average Bonchev–Trinajstić information content (AvgIpc) is 3.35. The lowest BCUT2D eigenvalue weighted by molar-refractivity contribution is -0.146. The third kappa shape index (κ3) is 4.89. The van der Waals surface area contributed by atoms with Crippen LogP contribution >= 0.6 is 0 Å². The number of fused-ring (bicyclic) bond motifs is 1. The third-order valence-corrected chi connectivity index (χ3v) is 6.19. The zero-order valence-electron chi connectivity index (χ0n) is 18.2. The SMILES string of the molecule is CC(=O)OCC1CCCN1C(=O)[C@H](C)C[C@@H](C)C(=O)N1c2ccccc2C[C@H]1C(=O)O. The van der Waals surface area contributed by atoms with Crippen LogP contribution in [0.3, 0.4) is 0 Å². The first-order valence-electron chi connectivity index (χ1n) is 10.8. The molecule has 8 heteroatoms. The molecular weight excluding hydrogens is 400 g/mol. The molecule has 0 aliphatic carbocycles. The highest BCUT2D eigenvalue weighted by molar-refractivity contribution is 6.03. The highest BCUT2D eigenvalue weighted by Crippen LogP contribution is 2.34. The van der Waals surface area contributed by atoms with Gasteiger partial charge < -0.3 is 14.7 Å². The highest BCUT2D eigenvalue weighted by Gasteiger charge is 2.40. The number of likely N-dealkylation sites (tertiary alicyclic amines) is 1. The molecule has 0 bridgehead atoms. The predicted octanol–water partition coefficient (Wildman–Crippen LogP) is 2.25. The molecule has 8 nitrogen and oxygen atoms in total. The number of rotatable bonds is 7. The largest absolute Gasteiger partial charge is 0.480 e. The number of hydrogen-bond acceptors (Lipinski definition) is 5. The first-order chi connectivity index (χ1) is 14.7. The van der Waals surface area contributed by atoms with E-state index in [-0.39, 0.29) is 36.9 Å². The summed E-state index contributed by atoms with van der Waals surface area (Å²) in [6.45, 7) is 5.68. The molecule has 1 saturated heterocycles. The molecule has 2 heterocycles. The topological polar surface area (TPSA) is 104 Å². The minimum atomic E-state index is -1.04. The van der Waals surface area contributed by atoms with Gasteiger partial charge in [-0.25, -0.2) is 4.79 Å². The van der Waals surface area contributed by atoms with Crippen molar-refractivity contribution >= 4 is 29.4 Å². The van der Waals surface area contributed by atoms with Crippen molar-refractivity contribution < 1.29 is 29.0 Å². The minimum absolute atomic E-state index is 0.0640. The van der Waals surface area contributed by atoms with Gasteiger partial charge in [0.25, 0.3) is 0 Å². The maximum Gasteiger partial charge on any atom is 0.327 e. The van der Waals surface area contributed by atoms with Gasteiger partial charge in [0.05, 0.1) is 6.04 Å². The fourth-order valence-electron chi connectivity index (χ4n) is 4.62. The van der Waals surface area contributed by atoms with Gasteiger partial charge in [0.1, 0.15) is 12.6 Å². The van der Waals surface area contributed by atoms with Gasteiger partial charge in [-0.05, 0) is 30.9 Å². The lowest BCUT2D eigenvalue weighted by Crippen LogP contribution is -2.46. The van der Waals surface area contributed by atoms with Crippen LogP contribution in [0.4, 0.5) is 5.69 Å². The van der Waals surface area contributed by atoms with Crippen LogP contribution in [0, 0.1) is 11.8 Å². The van der Waals surface area contributed by atoms with Crippen LogP contribution in [0.15, 0.2) is 24.3 Å². The molecule has 31 heavy (non-hydrogen) atoms. The van der Waals surface area contributed by atoms with Crippen LogP contribution in [0.1, 0.15) is 45.6 Å². The van der Waals surface area contributed by atoms with Gasteiger partial charge in [0.2, 0.25) is 11.8 Å². The molecule has 2 aliphatic rings. The van der Waals surface area contributed by atoms with Crippen LogP contribution in [0.5, 0.6) is 0 Å². The Morgan fingerprint density at radius 3 is 2.48 bits per heavy atom. The van der Waals surface area contributed by atoms with Crippen molar-refractivity contribution in [2.45, 2.75) is 58.5 Å². The van der Waals surface area contributed by atoms with E-state index < -0.39 is 23.8 Å². The second-order valence-electron chi connectivity index (χ2n) is 8.56. The first kappa shape index (κ1) is 22.8. The van der Waals surface area contributed by atoms with Gasteiger partial charge in [0.15, 0.2) is 0 Å². The number of nitrogens with zero attached hydrogens (tertiary/aromatic N) is 2. The van der Waals surface area contributed by atoms with E-state index in [1.54, 1.807) is 30.9 Å². The third-order valence-electron chi connectivity index (χ3n) is 6.19. The van der Waals surface area contributed by atoms with Gasteiger partial charge in [-0.2, -0.15) is 0 Å². The van der Waals surface area contributed by atoms with E-state index in [0.29, 0.717) is 18.7 Å². The van der Waals surface area contributed by atoms with Crippen molar-refractivity contribution in [2.75, 3.05) is 18.1 Å². The second-order valence-corrected chi connectivity index (χ2v) is 8.56. The molecule has 1 aromatic rings. The number of carbonyl (C=O) groups is 4. The molecule has 1 unspecified atom stereocenters. The molecule has 0 aromatic heterocycles. The van der Waals surface area contributed by atoms with E-state index >= 15 is 0 Å². The second kappa shape index (κ2) is 9.49. The fraction of sp³-hybridized carbons (Fsp3) is 0.565. The molecule has 1 N–H and O–H groups in total. The quantitative estimate of drug-likeness (QED) is 0.666. The Morgan fingerprint density at radius 1 is 1.13 bits per heavy atom. The summed E-state index contributed by atoms with van der Waals surface area (Å²) < 4.78 is 5.09. The molecule has 2 aliphatic heterocycles. The van der Waals surface area contributed by atoms with Crippen LogP contribution in [-0.4, -0.2) is 59.0 Å². The number of para-hydroxylation sites is 1. The van der Waals surface area contributed by atoms with E-state index in [1.807, 2.05) is 12.1 Å². The summed E-state index contributed by atoms with van der Waals surface area (Å²) in [7, 11) is 0. The lowest BCUT2D eigenvalue weighted by Gasteiger charge is -2.30. The number of carboxylic acids is 1. The van der Waals surface area contributed by atoms with E-state index in [0.717, 1.165) is 18.4 Å². The molecule has 1 aromatic carbocycles. The number of amides is 2. The number of benzene rings is 1. The average molecular weight is 431 g/mol. The molecular formula is C23H30N2O6. The van der Waals surface area contributed by atoms with Gasteiger partial charge >= 0.3 is 11.9 Å². The Bertz CT molecular complexity index is 869. The Kier molecular flexibility index (Phi) is 6.97. The zero-order valence-corrected chi connectivity index (χ0v) is 18.2. The molecule has 1 fully saturated rings. The Morgan fingerprint density at radius 2 is 1.81 bits per heavy atom. The molecule has 2 amide bonds. The Balaban J connectivity index is 1.66. The number of carboxylic acid groups (broad SMARTS) is 1. The standard InChI is InChI=1S/C23H30N2O6/c1-14(21(27)24-10-6-8-18(24)13-31-16(3)26)11-15(2)22(28)25-19-9-5-4-7-17(19)12-20(25)23(29)30/h4-5,7,9,14-15,18,20H,6,8,10-13H2,1-3H3,(H,29,30)/t14-,15-,18?,20+/m1/s1. The number of carbonyl (C=O) groups excluding carboxylic acids is 3. The molecule has 0 saturated carbocycles. The number of esters is 1. The summed E-state index contributed by atoms with van der Waals surface area (Å²) in [6.07, 6.45) is 2.23. The Hall–Kier alpha value is -2.90. The number of aliphatic carboxylic acids is 1. The maximum absolute atomic E-state index is 13.2. The number of ether oxygens (including phenoxy) is 1. The Labute approximate surface area is 182 Å². The maximum atomic E-state index is 13.2. The summed E-state index contributed by atoms with van der Waals surface area (Å²) in [5.74, 6) is -2.67. The number of anilines is 1. The monoisotopic (exact) mass is 430 g/mol. The molecule has 3 rings (SSSR count). The van der Waals surface area contributed by atoms with Gasteiger partial charge in [-0.3, -0.25) is 19.3 Å². The van der Waals surface area contributed by atoms with E-state index in [9.17, 15) is 24.3 Å². The summed E-state index contributed by atoms with van der Waals surface area (Å²) >= 11 is 0. The van der Waals surface area contributed by atoms with Gasteiger partial charge in [-0.15, -0.1) is 0 Å². The smallest absolute Gasteiger partial charge is 0.327 e. The van der Waals surface area contributed by atoms with Crippen LogP contribution in [0.25, 0.3) is 0 Å². The van der Waals surface area contributed by atoms with Crippen LogP contribution < -0.4 is 4.90 Å². The summed E-state index contributed by atoms with van der Waals surface area (Å²) in [4.78, 5) is 52.2. The van der Waals surface area contributed by atoms with Crippen LogP contribution in [0.2, 0.25) is 0 Å². The summed E-state index contributed by atoms with van der Waals surface area (Å²) in [5.41, 5.74) is 1.47. The summed E-state index contributed by atoms with van der Waals surface area (Å²) in [6, 6.07) is 6.17. The highest BCUT2D eigenvalue weighted by atomic mass is 16.5. The molecule has 0 spiro atoms. The molecule has 0 radical (unpaired) electrons. The first-order valence-corrected chi connectivity index (χ1v) is 10.8. The van der Waals surface area contributed by atoms with Crippen molar-refractivity contribution in [3.63, 3.8) is 0 Å². The van der Waals surface area contributed by atoms with E-state index in [2.05, 4.69) is 0 Å². The van der Waals surface area contributed by atoms with Crippen molar-refractivity contribution in [3.8, 4) is 0 Å². The van der Waals surface area contributed by atoms with Gasteiger partial charge in [0, 0.05) is 37.4 Å². The molecule has 4 atom stereocenters. The van der Waals surface area contributed by atoms with Crippen molar-refractivity contribution in [3.05, 3.63) is 29.8 Å². The van der Waals surface area contributed by atoms with Crippen molar-refractivity contribution in [1.29, 1.82) is 0 Å². The van der Waals surface area contributed by atoms with Crippen molar-refractivity contribution in [2.24, 2.45) is 11.8 Å². The number of hydrogen-bond donors (Lipinski definition) is 1.